The zero-order chi connectivity index (χ0) is 16.2. The van der Waals surface area contributed by atoms with Crippen molar-refractivity contribution in [3.8, 4) is 5.75 Å². The first-order valence-corrected chi connectivity index (χ1v) is 7.05. The molecule has 7 heteroatoms. The predicted octanol–water partition coefficient (Wildman–Crippen LogP) is 1.71. The van der Waals surface area contributed by atoms with Gasteiger partial charge in [0.2, 0.25) is 0 Å². The van der Waals surface area contributed by atoms with Crippen LogP contribution in [0.1, 0.15) is 13.3 Å². The molecule has 0 saturated carbocycles. The van der Waals surface area contributed by atoms with Crippen molar-refractivity contribution >= 4 is 12.0 Å². The molecule has 1 saturated heterocycles. The number of ether oxygens (including phenoxy) is 1. The Bertz CT molecular complexity index is 566. The average Bonchev–Trinajstić information content (AvgIpc) is 2.88. The van der Waals surface area contributed by atoms with E-state index in [2.05, 4.69) is 5.32 Å². The molecule has 1 aromatic carbocycles. The molecule has 2 rings (SSSR count). The third kappa shape index (κ3) is 3.87. The lowest BCUT2D eigenvalue weighted by Crippen LogP contribution is -2.42. The van der Waals surface area contributed by atoms with Gasteiger partial charge in [0.15, 0.2) is 0 Å². The van der Waals surface area contributed by atoms with Crippen LogP contribution in [0.3, 0.4) is 0 Å². The van der Waals surface area contributed by atoms with E-state index in [4.69, 9.17) is 9.84 Å². The summed E-state index contributed by atoms with van der Waals surface area (Å²) in [5.41, 5.74) is -0.880. The van der Waals surface area contributed by atoms with Gasteiger partial charge in [-0.05, 0) is 25.5 Å². The molecule has 2 amide bonds. The molecule has 1 aliphatic rings. The number of carboxylic acids is 1. The fourth-order valence-corrected chi connectivity index (χ4v) is 2.30. The monoisotopic (exact) mass is 310 g/mol. The van der Waals surface area contributed by atoms with E-state index in [1.165, 1.54) is 17.0 Å². The van der Waals surface area contributed by atoms with Gasteiger partial charge in [-0.2, -0.15) is 0 Å². The Kier molecular flexibility index (Phi) is 4.85. The number of halogens is 1. The molecule has 1 aromatic rings. The number of aliphatic carboxylic acids is 1. The molecular formula is C15H19FN2O4. The molecule has 1 fully saturated rings. The summed E-state index contributed by atoms with van der Waals surface area (Å²) < 4.78 is 18.3. The topological polar surface area (TPSA) is 78.9 Å². The van der Waals surface area contributed by atoms with Gasteiger partial charge in [0.05, 0.1) is 12.0 Å². The number of urea groups is 1. The minimum atomic E-state index is -0.891. The van der Waals surface area contributed by atoms with Gasteiger partial charge in [-0.25, -0.2) is 9.18 Å². The van der Waals surface area contributed by atoms with Gasteiger partial charge < -0.3 is 20.1 Å². The molecule has 1 atom stereocenters. The van der Waals surface area contributed by atoms with Crippen LogP contribution >= 0.6 is 0 Å². The first-order chi connectivity index (χ1) is 10.4. The normalized spacial score (nSPS) is 20.7. The average molecular weight is 310 g/mol. The second kappa shape index (κ2) is 6.64. The molecule has 1 unspecified atom stereocenters. The zero-order valence-electron chi connectivity index (χ0n) is 12.3. The highest BCUT2D eigenvalue weighted by molar-refractivity contribution is 5.79. The molecule has 1 aliphatic heterocycles. The van der Waals surface area contributed by atoms with Gasteiger partial charge in [-0.15, -0.1) is 0 Å². The molecule has 22 heavy (non-hydrogen) atoms. The van der Waals surface area contributed by atoms with Crippen molar-refractivity contribution in [3.63, 3.8) is 0 Å². The summed E-state index contributed by atoms with van der Waals surface area (Å²) in [6.45, 7) is 2.71. The Hall–Kier alpha value is -2.31. The highest BCUT2D eigenvalue weighted by Crippen LogP contribution is 2.29. The summed E-state index contributed by atoms with van der Waals surface area (Å²) in [7, 11) is 0. The third-order valence-corrected chi connectivity index (χ3v) is 3.72. The van der Waals surface area contributed by atoms with Crippen LogP contribution in [-0.2, 0) is 4.79 Å². The number of nitrogens with one attached hydrogen (secondary N) is 1. The Morgan fingerprint density at radius 3 is 2.91 bits per heavy atom. The molecule has 0 radical (unpaired) electrons. The maximum absolute atomic E-state index is 12.9. The zero-order valence-corrected chi connectivity index (χ0v) is 12.3. The number of hydrogen-bond acceptors (Lipinski definition) is 3. The first kappa shape index (κ1) is 16.1. The molecule has 1 heterocycles. The maximum Gasteiger partial charge on any atom is 0.317 e. The van der Waals surface area contributed by atoms with E-state index >= 15 is 0 Å². The maximum atomic E-state index is 12.9. The smallest absolute Gasteiger partial charge is 0.317 e. The van der Waals surface area contributed by atoms with E-state index in [0.717, 1.165) is 0 Å². The van der Waals surface area contributed by atoms with E-state index in [1.807, 2.05) is 0 Å². The fourth-order valence-electron chi connectivity index (χ4n) is 2.30. The number of carboxylic acid groups (broad SMARTS) is 1. The Labute approximate surface area is 127 Å². The van der Waals surface area contributed by atoms with Crippen LogP contribution in [0.2, 0.25) is 0 Å². The van der Waals surface area contributed by atoms with Gasteiger partial charge in [0.25, 0.3) is 0 Å². The van der Waals surface area contributed by atoms with Crippen LogP contribution in [0.5, 0.6) is 5.75 Å². The Balaban J connectivity index is 1.71. The van der Waals surface area contributed by atoms with E-state index in [9.17, 15) is 14.0 Å². The number of amides is 2. The lowest BCUT2D eigenvalue weighted by Gasteiger charge is -2.20. The number of carbonyl (C=O) groups excluding carboxylic acids is 1. The minimum Gasteiger partial charge on any atom is -0.492 e. The molecule has 0 spiro atoms. The minimum absolute atomic E-state index is 0.193. The van der Waals surface area contributed by atoms with E-state index in [0.29, 0.717) is 18.7 Å². The van der Waals surface area contributed by atoms with Crippen LogP contribution < -0.4 is 10.1 Å². The van der Waals surface area contributed by atoms with E-state index < -0.39 is 11.4 Å². The summed E-state index contributed by atoms with van der Waals surface area (Å²) in [6, 6.07) is 5.44. The van der Waals surface area contributed by atoms with Gasteiger partial charge in [-0.3, -0.25) is 4.79 Å². The van der Waals surface area contributed by atoms with Crippen molar-refractivity contribution in [2.75, 3.05) is 26.2 Å². The number of hydrogen-bond donors (Lipinski definition) is 2. The predicted molar refractivity (Wildman–Crippen MR) is 77.2 cm³/mol. The number of carbonyl (C=O) groups is 2. The van der Waals surface area contributed by atoms with Crippen LogP contribution in [0, 0.1) is 11.2 Å². The number of benzene rings is 1. The van der Waals surface area contributed by atoms with Crippen molar-refractivity contribution in [2.24, 2.45) is 5.41 Å². The van der Waals surface area contributed by atoms with Crippen LogP contribution in [-0.4, -0.2) is 48.2 Å². The van der Waals surface area contributed by atoms with Gasteiger partial charge in [0.1, 0.15) is 18.2 Å². The second-order valence-electron chi connectivity index (χ2n) is 5.58. The van der Waals surface area contributed by atoms with Gasteiger partial charge in [0, 0.05) is 19.2 Å². The molecule has 0 bridgehead atoms. The second-order valence-corrected chi connectivity index (χ2v) is 5.58. The number of likely N-dealkylation sites (tertiary alicyclic amines) is 1. The summed E-state index contributed by atoms with van der Waals surface area (Å²) >= 11 is 0. The molecule has 2 N–H and O–H groups in total. The summed E-state index contributed by atoms with van der Waals surface area (Å²) in [5.74, 6) is -0.877. The van der Waals surface area contributed by atoms with Gasteiger partial charge in [-0.1, -0.05) is 6.07 Å². The van der Waals surface area contributed by atoms with Crippen molar-refractivity contribution in [3.05, 3.63) is 30.1 Å². The summed E-state index contributed by atoms with van der Waals surface area (Å²) in [5, 5.41) is 11.8. The Morgan fingerprint density at radius 2 is 2.27 bits per heavy atom. The lowest BCUT2D eigenvalue weighted by molar-refractivity contribution is -0.147. The van der Waals surface area contributed by atoms with Crippen molar-refractivity contribution in [2.45, 2.75) is 13.3 Å². The van der Waals surface area contributed by atoms with E-state index in [-0.39, 0.29) is 31.5 Å². The van der Waals surface area contributed by atoms with Gasteiger partial charge >= 0.3 is 12.0 Å². The molecule has 6 nitrogen and oxygen atoms in total. The molecule has 120 valence electrons. The first-order valence-electron chi connectivity index (χ1n) is 7.05. The fraction of sp³-hybridized carbons (Fsp3) is 0.467. The van der Waals surface area contributed by atoms with Crippen molar-refractivity contribution in [1.29, 1.82) is 0 Å². The number of nitrogens with zero attached hydrogens (tertiary/aromatic N) is 1. The number of rotatable bonds is 5. The molecular weight excluding hydrogens is 291 g/mol. The highest BCUT2D eigenvalue weighted by atomic mass is 19.1. The Morgan fingerprint density at radius 1 is 1.50 bits per heavy atom. The summed E-state index contributed by atoms with van der Waals surface area (Å²) in [4.78, 5) is 24.5. The molecule has 0 aromatic heterocycles. The summed E-state index contributed by atoms with van der Waals surface area (Å²) in [6.07, 6.45) is 0.440. The van der Waals surface area contributed by atoms with Crippen LogP contribution in [0.4, 0.5) is 9.18 Å². The molecule has 0 aliphatic carbocycles. The quantitative estimate of drug-likeness (QED) is 0.812. The lowest BCUT2D eigenvalue weighted by atomic mass is 9.90. The highest BCUT2D eigenvalue weighted by Gasteiger charge is 2.42. The van der Waals surface area contributed by atoms with E-state index in [1.54, 1.807) is 19.1 Å². The largest absolute Gasteiger partial charge is 0.492 e. The van der Waals surface area contributed by atoms with Crippen molar-refractivity contribution < 1.29 is 23.8 Å². The van der Waals surface area contributed by atoms with Crippen LogP contribution in [0.15, 0.2) is 24.3 Å². The van der Waals surface area contributed by atoms with Crippen LogP contribution in [0.25, 0.3) is 0 Å². The SMILES string of the molecule is CC1(C(=O)O)CCN(C(=O)NCCOc2cccc(F)c2)C1. The van der Waals surface area contributed by atoms with Crippen molar-refractivity contribution in [1.82, 2.24) is 10.2 Å². The standard InChI is InChI=1S/C15H19FN2O4/c1-15(13(19)20)5-7-18(10-15)14(21)17-6-8-22-12-4-2-3-11(16)9-12/h2-4,9H,5-8,10H2,1H3,(H,17,21)(H,19,20). The third-order valence-electron chi connectivity index (χ3n) is 3.72.